The third-order valence-corrected chi connectivity index (χ3v) is 4.65. The van der Waals surface area contributed by atoms with Gasteiger partial charge < -0.3 is 4.90 Å². The topological polar surface area (TPSA) is 21.1 Å². The van der Waals surface area contributed by atoms with Gasteiger partial charge in [0.2, 0.25) is 0 Å². The van der Waals surface area contributed by atoms with E-state index in [-0.39, 0.29) is 17.2 Å². The number of aromatic nitrogens is 2. The van der Waals surface area contributed by atoms with Gasteiger partial charge in [0, 0.05) is 42.6 Å². The van der Waals surface area contributed by atoms with E-state index in [2.05, 4.69) is 5.10 Å². The molecule has 1 aliphatic heterocycles. The van der Waals surface area contributed by atoms with Crippen LogP contribution in [0.5, 0.6) is 0 Å². The predicted octanol–water partition coefficient (Wildman–Crippen LogP) is 5.20. The van der Waals surface area contributed by atoms with Gasteiger partial charge in [-0.2, -0.15) is 18.3 Å². The number of alkyl halides is 5. The molecule has 0 radical (unpaired) electrons. The SMILES string of the molecule is CC(C)N1CCCc2cc(-c3cn(C)nc3C(F)(F)F)c(C(F)F)cc21. The van der Waals surface area contributed by atoms with Crippen molar-refractivity contribution in [2.45, 2.75) is 45.3 Å². The Hall–Kier alpha value is -2.12. The summed E-state index contributed by atoms with van der Waals surface area (Å²) in [5.74, 6) is 0. The summed E-state index contributed by atoms with van der Waals surface area (Å²) in [6.45, 7) is 4.68. The molecule has 1 aromatic carbocycles. The minimum Gasteiger partial charge on any atom is -0.369 e. The van der Waals surface area contributed by atoms with Crippen LogP contribution in [0.4, 0.5) is 27.6 Å². The number of nitrogens with zero attached hydrogens (tertiary/aromatic N) is 3. The minimum absolute atomic E-state index is 0.0928. The lowest BCUT2D eigenvalue weighted by Gasteiger charge is -2.35. The quantitative estimate of drug-likeness (QED) is 0.689. The second-order valence-electron chi connectivity index (χ2n) is 6.82. The lowest BCUT2D eigenvalue weighted by molar-refractivity contribution is -0.141. The Labute approximate surface area is 148 Å². The van der Waals surface area contributed by atoms with Crippen molar-refractivity contribution < 1.29 is 22.0 Å². The molecule has 3 rings (SSSR count). The highest BCUT2D eigenvalue weighted by Gasteiger charge is 2.38. The van der Waals surface area contributed by atoms with Gasteiger partial charge in [-0.15, -0.1) is 0 Å². The molecule has 2 heterocycles. The molecular weight excluding hydrogens is 353 g/mol. The maximum Gasteiger partial charge on any atom is 0.435 e. The molecule has 0 saturated carbocycles. The molecule has 1 aliphatic rings. The van der Waals surface area contributed by atoms with Crippen molar-refractivity contribution in [3.63, 3.8) is 0 Å². The number of hydrogen-bond acceptors (Lipinski definition) is 2. The molecule has 0 N–H and O–H groups in total. The van der Waals surface area contributed by atoms with Crippen molar-refractivity contribution >= 4 is 5.69 Å². The van der Waals surface area contributed by atoms with E-state index >= 15 is 0 Å². The van der Waals surface area contributed by atoms with Crippen LogP contribution in [0, 0.1) is 0 Å². The lowest BCUT2D eigenvalue weighted by atomic mass is 9.91. The number of anilines is 1. The Balaban J connectivity index is 2.24. The first-order valence-electron chi connectivity index (χ1n) is 8.42. The van der Waals surface area contributed by atoms with Crippen LogP contribution in [0.2, 0.25) is 0 Å². The fraction of sp³-hybridized carbons (Fsp3) is 0.500. The van der Waals surface area contributed by atoms with Crippen LogP contribution in [0.3, 0.4) is 0 Å². The summed E-state index contributed by atoms with van der Waals surface area (Å²) in [4.78, 5) is 2.02. The Morgan fingerprint density at radius 3 is 2.38 bits per heavy atom. The van der Waals surface area contributed by atoms with Gasteiger partial charge in [-0.25, -0.2) is 8.78 Å². The number of aryl methyl sites for hydroxylation is 2. The van der Waals surface area contributed by atoms with Crippen LogP contribution in [-0.2, 0) is 19.6 Å². The predicted molar refractivity (Wildman–Crippen MR) is 89.4 cm³/mol. The van der Waals surface area contributed by atoms with Gasteiger partial charge in [-0.1, -0.05) is 0 Å². The summed E-state index contributed by atoms with van der Waals surface area (Å²) in [6, 6.07) is 2.95. The summed E-state index contributed by atoms with van der Waals surface area (Å²) in [5.41, 5.74) is -0.457. The van der Waals surface area contributed by atoms with Gasteiger partial charge in [0.15, 0.2) is 5.69 Å². The largest absolute Gasteiger partial charge is 0.435 e. The highest BCUT2D eigenvalue weighted by atomic mass is 19.4. The van der Waals surface area contributed by atoms with Crippen LogP contribution in [0.15, 0.2) is 18.3 Å². The van der Waals surface area contributed by atoms with E-state index in [0.29, 0.717) is 12.1 Å². The Bertz CT molecular complexity index is 808. The first-order valence-corrected chi connectivity index (χ1v) is 8.42. The Morgan fingerprint density at radius 2 is 1.81 bits per heavy atom. The van der Waals surface area contributed by atoms with Crippen molar-refractivity contribution in [1.82, 2.24) is 9.78 Å². The van der Waals surface area contributed by atoms with Gasteiger partial charge in [-0.3, -0.25) is 4.68 Å². The second-order valence-corrected chi connectivity index (χ2v) is 6.82. The van der Waals surface area contributed by atoms with E-state index in [4.69, 9.17) is 0 Å². The van der Waals surface area contributed by atoms with Gasteiger partial charge in [0.25, 0.3) is 6.43 Å². The number of hydrogen-bond donors (Lipinski definition) is 0. The fourth-order valence-electron chi connectivity index (χ4n) is 3.52. The highest BCUT2D eigenvalue weighted by molar-refractivity contribution is 5.75. The molecule has 0 fully saturated rings. The molecule has 8 heteroatoms. The van der Waals surface area contributed by atoms with Crippen LogP contribution in [-0.4, -0.2) is 22.4 Å². The van der Waals surface area contributed by atoms with Crippen molar-refractivity contribution in [2.75, 3.05) is 11.4 Å². The van der Waals surface area contributed by atoms with E-state index in [1.54, 1.807) is 0 Å². The van der Waals surface area contributed by atoms with Crippen LogP contribution < -0.4 is 4.90 Å². The summed E-state index contributed by atoms with van der Waals surface area (Å²) < 4.78 is 68.4. The molecule has 1 aromatic heterocycles. The normalized spacial score (nSPS) is 15.1. The molecule has 26 heavy (non-hydrogen) atoms. The Kier molecular flexibility index (Phi) is 4.71. The van der Waals surface area contributed by atoms with Gasteiger partial charge in [0.1, 0.15) is 0 Å². The smallest absolute Gasteiger partial charge is 0.369 e. The highest BCUT2D eigenvalue weighted by Crippen LogP contribution is 2.43. The summed E-state index contributed by atoms with van der Waals surface area (Å²) in [7, 11) is 1.35. The van der Waals surface area contributed by atoms with Crippen molar-refractivity contribution in [1.29, 1.82) is 0 Å². The van der Waals surface area contributed by atoms with Crippen LogP contribution in [0.1, 0.15) is 43.5 Å². The lowest BCUT2D eigenvalue weighted by Crippen LogP contribution is -2.35. The maximum atomic E-state index is 13.7. The number of rotatable bonds is 3. The minimum atomic E-state index is -4.71. The average molecular weight is 373 g/mol. The van der Waals surface area contributed by atoms with Gasteiger partial charge >= 0.3 is 6.18 Å². The van der Waals surface area contributed by atoms with E-state index in [0.717, 1.165) is 29.4 Å². The van der Waals surface area contributed by atoms with Crippen molar-refractivity contribution in [3.05, 3.63) is 35.2 Å². The first kappa shape index (κ1) is 18.7. The standard InChI is InChI=1S/C18H20F5N3/c1-10(2)26-6-4-5-11-7-12(13(17(19)20)8-15(11)26)14-9-25(3)24-16(14)18(21,22)23/h7-10,17H,4-6H2,1-3H3. The molecule has 0 spiro atoms. The molecule has 0 bridgehead atoms. The molecule has 0 atom stereocenters. The average Bonchev–Trinajstić information content (AvgIpc) is 2.94. The molecule has 0 unspecified atom stereocenters. The summed E-state index contributed by atoms with van der Waals surface area (Å²) >= 11 is 0. The number of fused-ring (bicyclic) bond motifs is 1. The van der Waals surface area contributed by atoms with Gasteiger partial charge in [0.05, 0.1) is 0 Å². The molecule has 142 valence electrons. The van der Waals surface area contributed by atoms with E-state index in [1.807, 2.05) is 18.7 Å². The third kappa shape index (κ3) is 3.29. The van der Waals surface area contributed by atoms with Crippen LogP contribution >= 0.6 is 0 Å². The summed E-state index contributed by atoms with van der Waals surface area (Å²) in [6.07, 6.45) is -4.96. The van der Waals surface area contributed by atoms with E-state index in [1.165, 1.54) is 19.2 Å². The zero-order valence-electron chi connectivity index (χ0n) is 14.7. The van der Waals surface area contributed by atoms with Gasteiger partial charge in [-0.05, 0) is 49.9 Å². The zero-order valence-corrected chi connectivity index (χ0v) is 14.7. The zero-order chi connectivity index (χ0) is 19.2. The van der Waals surface area contributed by atoms with Crippen LogP contribution in [0.25, 0.3) is 11.1 Å². The molecular formula is C18H20F5N3. The number of halogens is 5. The molecule has 0 aliphatic carbocycles. The van der Waals surface area contributed by atoms with Crippen molar-refractivity contribution in [3.8, 4) is 11.1 Å². The van der Waals surface area contributed by atoms with E-state index < -0.39 is 23.9 Å². The van der Waals surface area contributed by atoms with E-state index in [9.17, 15) is 22.0 Å². The Morgan fingerprint density at radius 1 is 1.12 bits per heavy atom. The molecule has 2 aromatic rings. The molecule has 0 saturated heterocycles. The number of benzene rings is 1. The maximum absolute atomic E-state index is 13.7. The summed E-state index contributed by atoms with van der Waals surface area (Å²) in [5, 5.41) is 3.45. The monoisotopic (exact) mass is 373 g/mol. The molecule has 3 nitrogen and oxygen atoms in total. The third-order valence-electron chi connectivity index (χ3n) is 4.65. The fourth-order valence-corrected chi connectivity index (χ4v) is 3.52. The van der Waals surface area contributed by atoms with Crippen molar-refractivity contribution in [2.24, 2.45) is 7.05 Å². The first-order chi connectivity index (χ1) is 12.1. The second kappa shape index (κ2) is 6.55. The molecule has 0 amide bonds.